The highest BCUT2D eigenvalue weighted by Crippen LogP contribution is 2.16. The number of aryl methyl sites for hydroxylation is 4. The van der Waals surface area contributed by atoms with Crippen LogP contribution in [0.3, 0.4) is 0 Å². The van der Waals surface area contributed by atoms with Gasteiger partial charge in [0.1, 0.15) is 0 Å². The van der Waals surface area contributed by atoms with E-state index in [1.807, 2.05) is 0 Å². The van der Waals surface area contributed by atoms with Gasteiger partial charge < -0.3 is 4.74 Å². The Labute approximate surface area is 230 Å². The molecule has 0 unspecified atom stereocenters. The second-order valence-electron chi connectivity index (χ2n) is 11.0. The largest absolute Gasteiger partial charge is 0.381 e. The monoisotopic (exact) mass is 506 g/mol. The Morgan fingerprint density at radius 2 is 0.676 bits per heavy atom. The molecule has 0 aliphatic carbocycles. The average Bonchev–Trinajstić information content (AvgIpc) is 2.94. The van der Waals surface area contributed by atoms with E-state index in [0.29, 0.717) is 0 Å². The van der Waals surface area contributed by atoms with Gasteiger partial charge in [0.25, 0.3) is 0 Å². The lowest BCUT2D eigenvalue weighted by atomic mass is 9.99. The fourth-order valence-corrected chi connectivity index (χ4v) is 5.56. The lowest BCUT2D eigenvalue weighted by molar-refractivity contribution is 0.125. The summed E-state index contributed by atoms with van der Waals surface area (Å²) in [5.41, 5.74) is 6.22. The first kappa shape index (κ1) is 31.6. The van der Waals surface area contributed by atoms with Crippen LogP contribution in [-0.4, -0.2) is 13.2 Å². The molecule has 0 bridgehead atoms. The van der Waals surface area contributed by atoms with Crippen LogP contribution in [0.5, 0.6) is 0 Å². The third-order valence-corrected chi connectivity index (χ3v) is 7.97. The topological polar surface area (TPSA) is 9.23 Å². The van der Waals surface area contributed by atoms with Crippen molar-refractivity contribution in [1.29, 1.82) is 0 Å². The summed E-state index contributed by atoms with van der Waals surface area (Å²) in [5.74, 6) is 0. The zero-order chi connectivity index (χ0) is 26.2. The number of hydrogen-bond acceptors (Lipinski definition) is 1. The molecule has 0 spiro atoms. The SMILES string of the molecule is CCc1ccccc1CCCCCCCCCCOCCCCCCCCCCc1ccccc1CC. The van der Waals surface area contributed by atoms with E-state index >= 15 is 0 Å². The Balaban J connectivity index is 1.25. The first-order valence-corrected chi connectivity index (χ1v) is 16.1. The predicted molar refractivity (Wildman–Crippen MR) is 164 cm³/mol. The molecule has 0 heterocycles. The van der Waals surface area contributed by atoms with Gasteiger partial charge in [-0.05, 0) is 73.6 Å². The maximum absolute atomic E-state index is 5.87. The highest BCUT2D eigenvalue weighted by molar-refractivity contribution is 5.27. The Morgan fingerprint density at radius 1 is 0.378 bits per heavy atom. The van der Waals surface area contributed by atoms with Gasteiger partial charge in [-0.3, -0.25) is 0 Å². The van der Waals surface area contributed by atoms with Crippen molar-refractivity contribution in [2.24, 2.45) is 0 Å². The van der Waals surface area contributed by atoms with Crippen molar-refractivity contribution in [3.63, 3.8) is 0 Å². The summed E-state index contributed by atoms with van der Waals surface area (Å²) >= 11 is 0. The molecule has 0 saturated heterocycles. The molecule has 0 saturated carbocycles. The number of hydrogen-bond donors (Lipinski definition) is 0. The van der Waals surface area contributed by atoms with Crippen LogP contribution < -0.4 is 0 Å². The summed E-state index contributed by atoms with van der Waals surface area (Å²) in [7, 11) is 0. The summed E-state index contributed by atoms with van der Waals surface area (Å²) in [6, 6.07) is 17.9. The van der Waals surface area contributed by atoms with Gasteiger partial charge in [-0.15, -0.1) is 0 Å². The van der Waals surface area contributed by atoms with Crippen molar-refractivity contribution >= 4 is 0 Å². The molecule has 0 N–H and O–H groups in total. The van der Waals surface area contributed by atoms with Gasteiger partial charge in [-0.25, -0.2) is 0 Å². The smallest absolute Gasteiger partial charge is 0.0466 e. The molecule has 208 valence electrons. The molecule has 0 aliphatic heterocycles. The Morgan fingerprint density at radius 3 is 1.03 bits per heavy atom. The van der Waals surface area contributed by atoms with E-state index in [1.165, 1.54) is 127 Å². The van der Waals surface area contributed by atoms with E-state index in [-0.39, 0.29) is 0 Å². The minimum atomic E-state index is 0.970. The van der Waals surface area contributed by atoms with Crippen LogP contribution >= 0.6 is 0 Å². The first-order valence-electron chi connectivity index (χ1n) is 16.1. The molecule has 0 atom stereocenters. The van der Waals surface area contributed by atoms with E-state index in [1.54, 1.807) is 11.1 Å². The molecular weight excluding hydrogens is 448 g/mol. The van der Waals surface area contributed by atoms with Gasteiger partial charge >= 0.3 is 0 Å². The second-order valence-corrected chi connectivity index (χ2v) is 11.0. The first-order chi connectivity index (χ1) is 18.3. The molecule has 2 aromatic rings. The maximum atomic E-state index is 5.87. The van der Waals surface area contributed by atoms with E-state index in [2.05, 4.69) is 62.4 Å². The second kappa shape index (κ2) is 22.4. The van der Waals surface area contributed by atoms with Crippen molar-refractivity contribution in [3.05, 3.63) is 70.8 Å². The van der Waals surface area contributed by atoms with Crippen LogP contribution in [0.2, 0.25) is 0 Å². The zero-order valence-electron chi connectivity index (χ0n) is 24.6. The molecule has 0 fully saturated rings. The van der Waals surface area contributed by atoms with E-state index in [0.717, 1.165) is 26.1 Å². The fourth-order valence-electron chi connectivity index (χ4n) is 5.56. The Hall–Kier alpha value is -1.60. The van der Waals surface area contributed by atoms with Gasteiger partial charge in [0.2, 0.25) is 0 Å². The number of benzene rings is 2. The molecule has 0 aliphatic rings. The summed E-state index contributed by atoms with van der Waals surface area (Å²) in [6.07, 6.45) is 26.7. The van der Waals surface area contributed by atoms with Crippen molar-refractivity contribution in [2.45, 2.75) is 142 Å². The predicted octanol–water partition coefficient (Wildman–Crippen LogP) is 10.9. The summed E-state index contributed by atoms with van der Waals surface area (Å²) < 4.78 is 5.87. The van der Waals surface area contributed by atoms with Crippen LogP contribution in [0.15, 0.2) is 48.5 Å². The van der Waals surface area contributed by atoms with Crippen LogP contribution in [0.25, 0.3) is 0 Å². The fraction of sp³-hybridized carbons (Fsp3) is 0.667. The molecule has 0 amide bonds. The molecule has 0 radical (unpaired) electrons. The van der Waals surface area contributed by atoms with E-state index in [4.69, 9.17) is 4.74 Å². The lowest BCUT2D eigenvalue weighted by Crippen LogP contribution is -1.97. The summed E-state index contributed by atoms with van der Waals surface area (Å²) in [6.45, 7) is 6.47. The normalized spacial score (nSPS) is 11.3. The van der Waals surface area contributed by atoms with Crippen LogP contribution in [0, 0.1) is 0 Å². The third-order valence-electron chi connectivity index (χ3n) is 7.97. The molecule has 2 aromatic carbocycles. The molecule has 0 aromatic heterocycles. The van der Waals surface area contributed by atoms with Gasteiger partial charge in [-0.1, -0.05) is 139 Å². The van der Waals surface area contributed by atoms with Gasteiger partial charge in [-0.2, -0.15) is 0 Å². The molecule has 1 nitrogen and oxygen atoms in total. The maximum Gasteiger partial charge on any atom is 0.0466 e. The van der Waals surface area contributed by atoms with Crippen molar-refractivity contribution in [1.82, 2.24) is 0 Å². The van der Waals surface area contributed by atoms with Crippen molar-refractivity contribution in [2.75, 3.05) is 13.2 Å². The molecule has 1 heteroatoms. The number of unbranched alkanes of at least 4 members (excludes halogenated alkanes) is 14. The Bertz CT molecular complexity index is 714. The average molecular weight is 507 g/mol. The van der Waals surface area contributed by atoms with Gasteiger partial charge in [0.15, 0.2) is 0 Å². The minimum absolute atomic E-state index is 0.970. The van der Waals surface area contributed by atoms with E-state index < -0.39 is 0 Å². The van der Waals surface area contributed by atoms with E-state index in [9.17, 15) is 0 Å². The van der Waals surface area contributed by atoms with Crippen molar-refractivity contribution in [3.8, 4) is 0 Å². The van der Waals surface area contributed by atoms with Crippen LogP contribution in [-0.2, 0) is 30.4 Å². The minimum Gasteiger partial charge on any atom is -0.381 e. The van der Waals surface area contributed by atoms with Crippen LogP contribution in [0.1, 0.15) is 139 Å². The van der Waals surface area contributed by atoms with Crippen molar-refractivity contribution < 1.29 is 4.74 Å². The van der Waals surface area contributed by atoms with Gasteiger partial charge in [0, 0.05) is 13.2 Å². The van der Waals surface area contributed by atoms with Gasteiger partial charge in [0.05, 0.1) is 0 Å². The quantitative estimate of drug-likeness (QED) is 0.129. The summed E-state index contributed by atoms with van der Waals surface area (Å²) in [4.78, 5) is 0. The third kappa shape index (κ3) is 15.4. The highest BCUT2D eigenvalue weighted by atomic mass is 16.5. The molecular formula is C36H58O. The highest BCUT2D eigenvalue weighted by Gasteiger charge is 2.01. The number of ether oxygens (including phenoxy) is 1. The zero-order valence-corrected chi connectivity index (χ0v) is 24.6. The lowest BCUT2D eigenvalue weighted by Gasteiger charge is -2.08. The molecule has 2 rings (SSSR count). The molecule has 37 heavy (non-hydrogen) atoms. The number of rotatable bonds is 24. The standard InChI is InChI=1S/C36H58O/c1-3-33-25-19-21-29-35(33)27-17-13-9-5-7-11-15-23-31-37-32-24-16-12-8-6-10-14-18-28-36-30-22-20-26-34(36)4-2/h19-22,25-26,29-30H,3-18,23-24,27-28,31-32H2,1-2H3. The summed E-state index contributed by atoms with van der Waals surface area (Å²) in [5, 5.41) is 0. The van der Waals surface area contributed by atoms with Crippen LogP contribution in [0.4, 0.5) is 0 Å². The Kier molecular flexibility index (Phi) is 19.1.